The summed E-state index contributed by atoms with van der Waals surface area (Å²) >= 11 is 0. The van der Waals surface area contributed by atoms with E-state index in [0.29, 0.717) is 12.1 Å². The lowest BCUT2D eigenvalue weighted by atomic mass is 9.79. The van der Waals surface area contributed by atoms with Crippen molar-refractivity contribution in [1.29, 1.82) is 0 Å². The van der Waals surface area contributed by atoms with Gasteiger partial charge in [-0.1, -0.05) is 30.3 Å². The van der Waals surface area contributed by atoms with Gasteiger partial charge in [0.15, 0.2) is 0 Å². The van der Waals surface area contributed by atoms with E-state index in [2.05, 4.69) is 55.3 Å². The van der Waals surface area contributed by atoms with Crippen molar-refractivity contribution in [2.45, 2.75) is 25.3 Å². The quantitative estimate of drug-likeness (QED) is 0.271. The van der Waals surface area contributed by atoms with Gasteiger partial charge in [0.05, 0.1) is 18.1 Å². The first-order valence-corrected chi connectivity index (χ1v) is 15.2. The summed E-state index contributed by atoms with van der Waals surface area (Å²) in [5.41, 5.74) is 4.57. The number of carbonyl (C=O) groups excluding carboxylic acids is 2. The first-order valence-electron chi connectivity index (χ1n) is 15.2. The number of rotatable bonds is 10. The van der Waals surface area contributed by atoms with Crippen molar-refractivity contribution < 1.29 is 14.3 Å². The predicted octanol–water partition coefficient (Wildman–Crippen LogP) is 4.35. The van der Waals surface area contributed by atoms with Gasteiger partial charge in [0.2, 0.25) is 5.91 Å². The first kappa shape index (κ1) is 28.7. The largest absolute Gasteiger partial charge is 0.497 e. The smallest absolute Gasteiger partial charge is 0.251 e. The van der Waals surface area contributed by atoms with Gasteiger partial charge in [0, 0.05) is 68.5 Å². The zero-order chi connectivity index (χ0) is 29.8. The Hall–Kier alpha value is -4.37. The van der Waals surface area contributed by atoms with Crippen molar-refractivity contribution in [2.24, 2.45) is 5.92 Å². The summed E-state index contributed by atoms with van der Waals surface area (Å²) in [5.74, 6) is 1.55. The standard InChI is InChI=1S/C34H40N6O3/c1-35-33(41)26-20-28(21-26)40-31-23-25(12-13-30(31)37-32(40)24-8-6-11-29(22-24)43-2)34(42)36-14-7-15-38-16-18-39(19-17-38)27-9-4-3-5-10-27/h3-6,8-13,22-23,26,28H,7,14-21H2,1-2H3,(H,35,41)(H,36,42). The summed E-state index contributed by atoms with van der Waals surface area (Å²) in [6.07, 6.45) is 2.37. The SMILES string of the molecule is CNC(=O)C1CC(n2c(-c3cccc(OC)c3)nc3ccc(C(=O)NCCCN4CCN(c5ccccc5)CC4)cc32)C1. The molecule has 43 heavy (non-hydrogen) atoms. The van der Waals surface area contributed by atoms with Crippen LogP contribution in [0.2, 0.25) is 0 Å². The molecule has 0 spiro atoms. The van der Waals surface area contributed by atoms with Gasteiger partial charge in [-0.05, 0) is 68.3 Å². The highest BCUT2D eigenvalue weighted by atomic mass is 16.5. The van der Waals surface area contributed by atoms with E-state index in [4.69, 9.17) is 9.72 Å². The predicted molar refractivity (Wildman–Crippen MR) is 170 cm³/mol. The minimum Gasteiger partial charge on any atom is -0.497 e. The van der Waals surface area contributed by atoms with E-state index < -0.39 is 0 Å². The molecule has 0 bridgehead atoms. The van der Waals surface area contributed by atoms with E-state index in [1.54, 1.807) is 14.2 Å². The number of carbonyl (C=O) groups is 2. The summed E-state index contributed by atoms with van der Waals surface area (Å²) < 4.78 is 7.67. The van der Waals surface area contributed by atoms with Crippen LogP contribution in [0.1, 0.15) is 35.7 Å². The molecule has 9 nitrogen and oxygen atoms in total. The van der Waals surface area contributed by atoms with Gasteiger partial charge in [-0.2, -0.15) is 0 Å². The Morgan fingerprint density at radius 1 is 0.953 bits per heavy atom. The average molecular weight is 581 g/mol. The van der Waals surface area contributed by atoms with Gasteiger partial charge in [-0.3, -0.25) is 14.5 Å². The van der Waals surface area contributed by atoms with Crippen molar-refractivity contribution in [2.75, 3.05) is 58.3 Å². The maximum absolute atomic E-state index is 13.2. The molecule has 1 saturated heterocycles. The third kappa shape index (κ3) is 6.22. The second-order valence-electron chi connectivity index (χ2n) is 11.5. The van der Waals surface area contributed by atoms with Gasteiger partial charge in [-0.25, -0.2) is 4.98 Å². The molecule has 4 aromatic rings. The molecule has 9 heteroatoms. The summed E-state index contributed by atoms with van der Waals surface area (Å²) in [6, 6.07) is 24.3. The topological polar surface area (TPSA) is 91.7 Å². The van der Waals surface area contributed by atoms with Gasteiger partial charge in [-0.15, -0.1) is 0 Å². The van der Waals surface area contributed by atoms with Crippen LogP contribution < -0.4 is 20.3 Å². The molecule has 1 aliphatic heterocycles. The number of ether oxygens (including phenoxy) is 1. The number of hydrogen-bond donors (Lipinski definition) is 2. The van der Waals surface area contributed by atoms with E-state index in [0.717, 1.165) is 80.2 Å². The van der Waals surface area contributed by atoms with Crippen molar-refractivity contribution in [3.63, 3.8) is 0 Å². The van der Waals surface area contributed by atoms with Crippen molar-refractivity contribution in [3.8, 4) is 17.1 Å². The second-order valence-corrected chi connectivity index (χ2v) is 11.5. The highest BCUT2D eigenvalue weighted by Crippen LogP contribution is 2.43. The number of para-hydroxylation sites is 1. The Labute approximate surface area is 252 Å². The molecule has 224 valence electrons. The summed E-state index contributed by atoms with van der Waals surface area (Å²) in [6.45, 7) is 5.69. The molecular weight excluding hydrogens is 540 g/mol. The fourth-order valence-corrected chi connectivity index (χ4v) is 6.26. The number of nitrogens with one attached hydrogen (secondary N) is 2. The lowest BCUT2D eigenvalue weighted by molar-refractivity contribution is -0.128. The van der Waals surface area contributed by atoms with Gasteiger partial charge in [0.25, 0.3) is 5.91 Å². The van der Waals surface area contributed by atoms with Crippen LogP contribution in [-0.4, -0.2) is 79.7 Å². The Morgan fingerprint density at radius 3 is 2.49 bits per heavy atom. The van der Waals surface area contributed by atoms with Crippen molar-refractivity contribution in [1.82, 2.24) is 25.1 Å². The van der Waals surface area contributed by atoms with E-state index in [9.17, 15) is 9.59 Å². The van der Waals surface area contributed by atoms with Crippen LogP contribution in [0.25, 0.3) is 22.4 Å². The highest BCUT2D eigenvalue weighted by Gasteiger charge is 2.37. The lowest BCUT2D eigenvalue weighted by Crippen LogP contribution is -2.47. The molecular formula is C34H40N6O3. The molecule has 0 radical (unpaired) electrons. The minimum absolute atomic E-state index is 0.0154. The molecule has 2 heterocycles. The molecule has 2 aliphatic rings. The van der Waals surface area contributed by atoms with Crippen LogP contribution in [0.15, 0.2) is 72.8 Å². The number of imidazole rings is 1. The van der Waals surface area contributed by atoms with E-state index >= 15 is 0 Å². The number of amides is 2. The van der Waals surface area contributed by atoms with Crippen LogP contribution >= 0.6 is 0 Å². The van der Waals surface area contributed by atoms with Crippen LogP contribution in [0.4, 0.5) is 5.69 Å². The molecule has 2 fully saturated rings. The maximum Gasteiger partial charge on any atom is 0.251 e. The molecule has 0 unspecified atom stereocenters. The second kappa shape index (κ2) is 12.9. The zero-order valence-electron chi connectivity index (χ0n) is 25.0. The Bertz CT molecular complexity index is 1570. The number of nitrogens with zero attached hydrogens (tertiary/aromatic N) is 4. The molecule has 2 N–H and O–H groups in total. The molecule has 1 aromatic heterocycles. The fourth-order valence-electron chi connectivity index (χ4n) is 6.26. The van der Waals surface area contributed by atoms with Gasteiger partial charge in [0.1, 0.15) is 11.6 Å². The van der Waals surface area contributed by atoms with Crippen molar-refractivity contribution >= 4 is 28.5 Å². The minimum atomic E-state index is -0.0803. The van der Waals surface area contributed by atoms with E-state index in [1.165, 1.54) is 5.69 Å². The summed E-state index contributed by atoms with van der Waals surface area (Å²) in [7, 11) is 3.33. The van der Waals surface area contributed by atoms with Gasteiger partial charge < -0.3 is 24.8 Å². The Morgan fingerprint density at radius 2 is 1.74 bits per heavy atom. The molecule has 1 aliphatic carbocycles. The normalized spacial score (nSPS) is 18.7. The van der Waals surface area contributed by atoms with Gasteiger partial charge >= 0.3 is 0 Å². The van der Waals surface area contributed by atoms with Crippen molar-refractivity contribution in [3.05, 3.63) is 78.4 Å². The fraction of sp³-hybridized carbons (Fsp3) is 0.382. The average Bonchev–Trinajstić information content (AvgIpc) is 3.41. The highest BCUT2D eigenvalue weighted by molar-refractivity contribution is 5.98. The van der Waals surface area contributed by atoms with Crippen LogP contribution in [0.5, 0.6) is 5.75 Å². The number of aromatic nitrogens is 2. The summed E-state index contributed by atoms with van der Waals surface area (Å²) in [4.78, 5) is 35.3. The number of piperazine rings is 1. The monoisotopic (exact) mass is 580 g/mol. The molecule has 3 aromatic carbocycles. The van der Waals surface area contributed by atoms with Crippen LogP contribution in [0, 0.1) is 5.92 Å². The number of benzene rings is 3. The molecule has 2 amide bonds. The Kier molecular flexibility index (Phi) is 8.60. The van der Waals surface area contributed by atoms with Crippen LogP contribution in [-0.2, 0) is 4.79 Å². The summed E-state index contributed by atoms with van der Waals surface area (Å²) in [5, 5.41) is 5.89. The molecule has 0 atom stereocenters. The number of anilines is 1. The molecule has 6 rings (SSSR count). The first-order chi connectivity index (χ1) is 21.0. The molecule has 1 saturated carbocycles. The number of hydrogen-bond acceptors (Lipinski definition) is 6. The zero-order valence-corrected chi connectivity index (χ0v) is 25.0. The third-order valence-electron chi connectivity index (χ3n) is 8.81. The Balaban J connectivity index is 1.11. The number of fused-ring (bicyclic) bond motifs is 1. The van der Waals surface area contributed by atoms with E-state index in [1.807, 2.05) is 42.5 Å². The maximum atomic E-state index is 13.2. The lowest BCUT2D eigenvalue weighted by Gasteiger charge is -2.36. The van der Waals surface area contributed by atoms with Crippen LogP contribution in [0.3, 0.4) is 0 Å². The van der Waals surface area contributed by atoms with E-state index in [-0.39, 0.29) is 23.8 Å². The number of methoxy groups -OCH3 is 1. The third-order valence-corrected chi connectivity index (χ3v) is 8.81.